The summed E-state index contributed by atoms with van der Waals surface area (Å²) in [5.74, 6) is 3.24. The Labute approximate surface area is 89.5 Å². The highest BCUT2D eigenvalue weighted by Gasteiger charge is 2.07. The van der Waals surface area contributed by atoms with Gasteiger partial charge in [-0.25, -0.2) is 0 Å². The first kappa shape index (κ1) is 11.3. The lowest BCUT2D eigenvalue weighted by Gasteiger charge is -1.98. The molecule has 2 N–H and O–H groups in total. The van der Waals surface area contributed by atoms with Crippen molar-refractivity contribution < 1.29 is 4.79 Å². The Kier molecular flexibility index (Phi) is 3.92. The molecule has 0 aliphatic heterocycles. The molecule has 1 heterocycles. The van der Waals surface area contributed by atoms with Crippen molar-refractivity contribution in [3.8, 4) is 12.3 Å². The highest BCUT2D eigenvalue weighted by atomic mass is 16.1. The SMILES string of the molecule is C#CCCC(=O)Nc1cc(C(C)C)[nH]n1. The van der Waals surface area contributed by atoms with Crippen LogP contribution in [0.5, 0.6) is 0 Å². The van der Waals surface area contributed by atoms with Crippen LogP contribution in [-0.4, -0.2) is 16.1 Å². The first-order chi connectivity index (χ1) is 7.13. The van der Waals surface area contributed by atoms with Gasteiger partial charge in [-0.05, 0) is 5.92 Å². The van der Waals surface area contributed by atoms with Gasteiger partial charge in [0.1, 0.15) is 0 Å². The molecule has 0 aliphatic carbocycles. The van der Waals surface area contributed by atoms with Crippen LogP contribution in [-0.2, 0) is 4.79 Å². The average Bonchev–Trinajstić information content (AvgIpc) is 2.63. The third-order valence-corrected chi connectivity index (χ3v) is 1.98. The van der Waals surface area contributed by atoms with Crippen LogP contribution < -0.4 is 5.32 Å². The quantitative estimate of drug-likeness (QED) is 0.737. The second-order valence-electron chi connectivity index (χ2n) is 3.62. The molecule has 0 aliphatic rings. The molecule has 0 spiro atoms. The summed E-state index contributed by atoms with van der Waals surface area (Å²) >= 11 is 0. The summed E-state index contributed by atoms with van der Waals surface area (Å²) in [5, 5.41) is 9.51. The summed E-state index contributed by atoms with van der Waals surface area (Å²) in [6.45, 7) is 4.11. The molecule has 0 radical (unpaired) electrons. The maximum atomic E-state index is 11.3. The zero-order chi connectivity index (χ0) is 11.3. The van der Waals surface area contributed by atoms with E-state index in [0.717, 1.165) is 5.69 Å². The van der Waals surface area contributed by atoms with Crippen molar-refractivity contribution >= 4 is 11.7 Å². The van der Waals surface area contributed by atoms with Crippen LogP contribution in [0.3, 0.4) is 0 Å². The molecule has 1 rings (SSSR count). The fraction of sp³-hybridized carbons (Fsp3) is 0.455. The zero-order valence-electron chi connectivity index (χ0n) is 9.00. The summed E-state index contributed by atoms with van der Waals surface area (Å²) in [5.41, 5.74) is 1.00. The molecular formula is C11H15N3O. The van der Waals surface area contributed by atoms with Crippen LogP contribution in [0.25, 0.3) is 0 Å². The summed E-state index contributed by atoms with van der Waals surface area (Å²) in [4.78, 5) is 11.3. The van der Waals surface area contributed by atoms with Gasteiger partial charge in [-0.15, -0.1) is 12.3 Å². The van der Waals surface area contributed by atoms with Gasteiger partial charge in [-0.2, -0.15) is 5.10 Å². The Morgan fingerprint density at radius 1 is 1.73 bits per heavy atom. The van der Waals surface area contributed by atoms with Crippen LogP contribution in [0, 0.1) is 12.3 Å². The molecule has 1 aromatic rings. The number of nitrogens with zero attached hydrogens (tertiary/aromatic N) is 1. The number of aromatic nitrogens is 2. The minimum atomic E-state index is -0.102. The molecule has 1 aromatic heterocycles. The maximum Gasteiger partial charge on any atom is 0.226 e. The third-order valence-electron chi connectivity index (χ3n) is 1.98. The lowest BCUT2D eigenvalue weighted by Crippen LogP contribution is -2.10. The van der Waals surface area contributed by atoms with Gasteiger partial charge in [0.05, 0.1) is 0 Å². The summed E-state index contributed by atoms with van der Waals surface area (Å²) in [6.07, 6.45) is 5.85. The maximum absolute atomic E-state index is 11.3. The molecule has 0 unspecified atom stereocenters. The molecule has 0 saturated carbocycles. The van der Waals surface area contributed by atoms with Gasteiger partial charge in [0.25, 0.3) is 0 Å². The molecule has 0 fully saturated rings. The zero-order valence-corrected chi connectivity index (χ0v) is 9.00. The Bertz CT molecular complexity index is 373. The molecule has 15 heavy (non-hydrogen) atoms. The number of hydrogen-bond donors (Lipinski definition) is 2. The number of carbonyl (C=O) groups excluding carboxylic acids is 1. The second kappa shape index (κ2) is 5.20. The van der Waals surface area contributed by atoms with E-state index in [2.05, 4.69) is 35.3 Å². The van der Waals surface area contributed by atoms with E-state index in [4.69, 9.17) is 6.42 Å². The van der Waals surface area contributed by atoms with Gasteiger partial charge in [0.15, 0.2) is 5.82 Å². The van der Waals surface area contributed by atoms with Crippen molar-refractivity contribution in [3.05, 3.63) is 11.8 Å². The van der Waals surface area contributed by atoms with Gasteiger partial charge in [-0.1, -0.05) is 13.8 Å². The van der Waals surface area contributed by atoms with E-state index in [-0.39, 0.29) is 5.91 Å². The van der Waals surface area contributed by atoms with Gasteiger partial charge < -0.3 is 5.32 Å². The van der Waals surface area contributed by atoms with Gasteiger partial charge in [-0.3, -0.25) is 9.89 Å². The van der Waals surface area contributed by atoms with Crippen LogP contribution in [0.4, 0.5) is 5.82 Å². The van der Waals surface area contributed by atoms with Crippen molar-refractivity contribution in [1.82, 2.24) is 10.2 Å². The van der Waals surface area contributed by atoms with Crippen molar-refractivity contribution in [1.29, 1.82) is 0 Å². The smallest absolute Gasteiger partial charge is 0.226 e. The molecular weight excluding hydrogens is 190 g/mol. The number of hydrogen-bond acceptors (Lipinski definition) is 2. The summed E-state index contributed by atoms with van der Waals surface area (Å²) in [6, 6.07) is 1.83. The van der Waals surface area contributed by atoms with Crippen LogP contribution in [0.2, 0.25) is 0 Å². The Balaban J connectivity index is 2.50. The van der Waals surface area contributed by atoms with Gasteiger partial charge in [0, 0.05) is 24.6 Å². The van der Waals surface area contributed by atoms with Gasteiger partial charge in [0.2, 0.25) is 5.91 Å². The number of amides is 1. The number of aromatic amines is 1. The number of nitrogens with one attached hydrogen (secondary N) is 2. The Hall–Kier alpha value is -1.76. The second-order valence-corrected chi connectivity index (χ2v) is 3.62. The molecule has 4 heteroatoms. The number of H-pyrrole nitrogens is 1. The Morgan fingerprint density at radius 2 is 2.47 bits per heavy atom. The number of terminal acetylenes is 1. The number of carbonyl (C=O) groups is 1. The molecule has 0 atom stereocenters. The fourth-order valence-electron chi connectivity index (χ4n) is 1.09. The Morgan fingerprint density at radius 3 is 3.00 bits per heavy atom. The predicted octanol–water partition coefficient (Wildman–Crippen LogP) is 1.88. The lowest BCUT2D eigenvalue weighted by molar-refractivity contribution is -0.116. The molecule has 0 aromatic carbocycles. The van der Waals surface area contributed by atoms with Crippen LogP contribution in [0.15, 0.2) is 6.07 Å². The summed E-state index contributed by atoms with van der Waals surface area (Å²) in [7, 11) is 0. The normalized spacial score (nSPS) is 10.0. The van der Waals surface area contributed by atoms with E-state index in [0.29, 0.717) is 24.6 Å². The van der Waals surface area contributed by atoms with E-state index >= 15 is 0 Å². The first-order valence-electron chi connectivity index (χ1n) is 4.92. The van der Waals surface area contributed by atoms with E-state index in [1.54, 1.807) is 0 Å². The molecule has 0 bridgehead atoms. The minimum absolute atomic E-state index is 0.102. The van der Waals surface area contributed by atoms with Crippen molar-refractivity contribution in [2.75, 3.05) is 5.32 Å². The standard InChI is InChI=1S/C11H15N3O/c1-4-5-6-11(15)12-10-7-9(8(2)3)13-14-10/h1,7-8H,5-6H2,2-3H3,(H2,12,13,14,15). The number of anilines is 1. The first-order valence-corrected chi connectivity index (χ1v) is 4.92. The average molecular weight is 205 g/mol. The predicted molar refractivity (Wildman–Crippen MR) is 59.4 cm³/mol. The van der Waals surface area contributed by atoms with Crippen LogP contribution >= 0.6 is 0 Å². The fourth-order valence-corrected chi connectivity index (χ4v) is 1.09. The number of rotatable bonds is 4. The van der Waals surface area contributed by atoms with E-state index in [1.807, 2.05) is 6.07 Å². The highest BCUT2D eigenvalue weighted by Crippen LogP contribution is 2.14. The van der Waals surface area contributed by atoms with Crippen LogP contribution in [0.1, 0.15) is 38.3 Å². The van der Waals surface area contributed by atoms with E-state index < -0.39 is 0 Å². The topological polar surface area (TPSA) is 57.8 Å². The van der Waals surface area contributed by atoms with E-state index in [9.17, 15) is 4.79 Å². The molecule has 0 saturated heterocycles. The van der Waals surface area contributed by atoms with Crippen molar-refractivity contribution in [3.63, 3.8) is 0 Å². The third kappa shape index (κ3) is 3.47. The van der Waals surface area contributed by atoms with E-state index in [1.165, 1.54) is 0 Å². The van der Waals surface area contributed by atoms with Crippen molar-refractivity contribution in [2.24, 2.45) is 0 Å². The molecule has 80 valence electrons. The molecule has 4 nitrogen and oxygen atoms in total. The van der Waals surface area contributed by atoms with Gasteiger partial charge >= 0.3 is 0 Å². The minimum Gasteiger partial charge on any atom is -0.309 e. The molecule has 1 amide bonds. The van der Waals surface area contributed by atoms with Crippen molar-refractivity contribution in [2.45, 2.75) is 32.6 Å². The highest BCUT2D eigenvalue weighted by molar-refractivity contribution is 5.89. The monoisotopic (exact) mass is 205 g/mol. The summed E-state index contributed by atoms with van der Waals surface area (Å²) < 4.78 is 0. The lowest BCUT2D eigenvalue weighted by atomic mass is 10.1. The largest absolute Gasteiger partial charge is 0.309 e.